The van der Waals surface area contributed by atoms with Crippen LogP contribution in [-0.2, 0) is 5.54 Å². The van der Waals surface area contributed by atoms with E-state index in [1.807, 2.05) is 57.5 Å². The molecule has 0 bridgehead atoms. The van der Waals surface area contributed by atoms with Crippen LogP contribution in [0.5, 0.6) is 5.75 Å². The molecule has 0 aliphatic heterocycles. The first kappa shape index (κ1) is 21.1. The third kappa shape index (κ3) is 4.35. The number of aromatic nitrogens is 4. The molecular weight excluding hydrogens is 384 g/mol. The molecule has 3 rings (SSSR count). The second kappa shape index (κ2) is 8.02. The van der Waals surface area contributed by atoms with Crippen LogP contribution in [0.4, 0.5) is 0 Å². The molecule has 2 aromatic heterocycles. The monoisotopic (exact) mass is 410 g/mol. The highest BCUT2D eigenvalue weighted by atomic mass is 16.3. The van der Waals surface area contributed by atoms with E-state index in [0.29, 0.717) is 5.69 Å². The van der Waals surface area contributed by atoms with Gasteiger partial charge in [0.2, 0.25) is 0 Å². The number of carbonyl (C=O) groups excluding carboxylic acids is 2. The Labute approximate surface area is 174 Å². The standard InChI is InChI=1S/C21H26N6O3/c1-13(2)16-11-15(24-27(16)21(3,4)5)19(29)22-23-20(30)18-17(28)12-26(25-18)14-9-7-6-8-10-14/h6-13,28H,1-5H3,(H,22,29)(H,23,30). The molecule has 158 valence electrons. The molecule has 0 fully saturated rings. The number of hydrazine groups is 1. The molecule has 0 saturated heterocycles. The van der Waals surface area contributed by atoms with Gasteiger partial charge in [-0.15, -0.1) is 0 Å². The van der Waals surface area contributed by atoms with Crippen molar-refractivity contribution in [2.24, 2.45) is 0 Å². The third-order valence-corrected chi connectivity index (χ3v) is 4.42. The lowest BCUT2D eigenvalue weighted by molar-refractivity contribution is 0.0838. The number of carbonyl (C=O) groups is 2. The van der Waals surface area contributed by atoms with Gasteiger partial charge >= 0.3 is 0 Å². The van der Waals surface area contributed by atoms with Crippen molar-refractivity contribution >= 4 is 11.8 Å². The van der Waals surface area contributed by atoms with Gasteiger partial charge in [0.15, 0.2) is 17.1 Å². The number of nitrogens with zero attached hydrogens (tertiary/aromatic N) is 4. The van der Waals surface area contributed by atoms with Gasteiger partial charge in [0.05, 0.1) is 17.4 Å². The normalized spacial score (nSPS) is 11.5. The van der Waals surface area contributed by atoms with Crippen molar-refractivity contribution < 1.29 is 14.7 Å². The number of amides is 2. The highest BCUT2D eigenvalue weighted by Crippen LogP contribution is 2.23. The average molecular weight is 410 g/mol. The highest BCUT2D eigenvalue weighted by molar-refractivity contribution is 5.98. The minimum Gasteiger partial charge on any atom is -0.504 e. The lowest BCUT2D eigenvalue weighted by Gasteiger charge is -2.23. The SMILES string of the molecule is CC(C)c1cc(C(=O)NNC(=O)c2nn(-c3ccccc3)cc2O)nn1C(C)(C)C. The predicted octanol–water partition coefficient (Wildman–Crippen LogP) is 2.73. The van der Waals surface area contributed by atoms with Gasteiger partial charge in [-0.3, -0.25) is 25.1 Å². The number of aromatic hydroxyl groups is 1. The summed E-state index contributed by atoms with van der Waals surface area (Å²) in [4.78, 5) is 24.9. The van der Waals surface area contributed by atoms with Gasteiger partial charge in [-0.25, -0.2) is 4.68 Å². The van der Waals surface area contributed by atoms with E-state index in [9.17, 15) is 14.7 Å². The number of nitrogens with one attached hydrogen (secondary N) is 2. The summed E-state index contributed by atoms with van der Waals surface area (Å²) in [5.41, 5.74) is 5.89. The van der Waals surface area contributed by atoms with Crippen LogP contribution in [0.2, 0.25) is 0 Å². The quantitative estimate of drug-likeness (QED) is 0.572. The van der Waals surface area contributed by atoms with Gasteiger partial charge in [-0.05, 0) is 44.9 Å². The highest BCUT2D eigenvalue weighted by Gasteiger charge is 2.24. The van der Waals surface area contributed by atoms with Gasteiger partial charge in [0.25, 0.3) is 11.8 Å². The Bertz CT molecular complexity index is 1060. The van der Waals surface area contributed by atoms with Crippen LogP contribution in [0.3, 0.4) is 0 Å². The van der Waals surface area contributed by atoms with E-state index in [4.69, 9.17) is 0 Å². The Balaban J connectivity index is 1.73. The van der Waals surface area contributed by atoms with Crippen molar-refractivity contribution in [3.8, 4) is 11.4 Å². The Morgan fingerprint density at radius 1 is 1.03 bits per heavy atom. The van der Waals surface area contributed by atoms with E-state index < -0.39 is 11.8 Å². The minimum atomic E-state index is -0.741. The van der Waals surface area contributed by atoms with Gasteiger partial charge in [0.1, 0.15) is 0 Å². The first-order valence-electron chi connectivity index (χ1n) is 9.63. The molecule has 2 heterocycles. The van der Waals surface area contributed by atoms with Crippen LogP contribution in [0, 0.1) is 0 Å². The molecule has 30 heavy (non-hydrogen) atoms. The molecule has 9 heteroatoms. The minimum absolute atomic E-state index is 0.173. The zero-order chi connectivity index (χ0) is 22.1. The lowest BCUT2D eigenvalue weighted by Crippen LogP contribution is -2.42. The average Bonchev–Trinajstić information content (AvgIpc) is 3.31. The molecule has 3 N–H and O–H groups in total. The molecule has 2 amide bonds. The first-order chi connectivity index (χ1) is 14.1. The van der Waals surface area contributed by atoms with Crippen molar-refractivity contribution in [1.82, 2.24) is 30.4 Å². The summed E-state index contributed by atoms with van der Waals surface area (Å²) in [6.45, 7) is 10.0. The molecule has 0 saturated carbocycles. The first-order valence-corrected chi connectivity index (χ1v) is 9.63. The number of para-hydroxylation sites is 1. The molecule has 0 aliphatic carbocycles. The van der Waals surface area contributed by atoms with E-state index in [1.54, 1.807) is 18.2 Å². The zero-order valence-electron chi connectivity index (χ0n) is 17.7. The number of hydrogen-bond acceptors (Lipinski definition) is 5. The molecule has 0 spiro atoms. The predicted molar refractivity (Wildman–Crippen MR) is 111 cm³/mol. The van der Waals surface area contributed by atoms with Gasteiger partial charge < -0.3 is 5.11 Å². The van der Waals surface area contributed by atoms with Crippen LogP contribution >= 0.6 is 0 Å². The number of benzene rings is 1. The summed E-state index contributed by atoms with van der Waals surface area (Å²) < 4.78 is 3.19. The summed E-state index contributed by atoms with van der Waals surface area (Å²) in [6.07, 6.45) is 1.33. The van der Waals surface area contributed by atoms with Crippen LogP contribution < -0.4 is 10.9 Å². The maximum absolute atomic E-state index is 12.5. The summed E-state index contributed by atoms with van der Waals surface area (Å²) in [5.74, 6) is -1.43. The molecule has 0 atom stereocenters. The Kier molecular flexibility index (Phi) is 5.64. The van der Waals surface area contributed by atoms with Crippen molar-refractivity contribution in [3.05, 3.63) is 59.7 Å². The molecule has 1 aromatic carbocycles. The van der Waals surface area contributed by atoms with Crippen molar-refractivity contribution in [2.45, 2.75) is 46.1 Å². The lowest BCUT2D eigenvalue weighted by atomic mass is 10.1. The fraction of sp³-hybridized carbons (Fsp3) is 0.333. The van der Waals surface area contributed by atoms with Gasteiger partial charge in [-0.1, -0.05) is 32.0 Å². The van der Waals surface area contributed by atoms with E-state index in [1.165, 1.54) is 10.9 Å². The second-order valence-electron chi connectivity index (χ2n) is 8.24. The van der Waals surface area contributed by atoms with Crippen LogP contribution in [0.25, 0.3) is 5.69 Å². The largest absolute Gasteiger partial charge is 0.504 e. The Hall–Kier alpha value is -3.62. The molecule has 3 aromatic rings. The van der Waals surface area contributed by atoms with E-state index >= 15 is 0 Å². The smallest absolute Gasteiger partial charge is 0.294 e. The third-order valence-electron chi connectivity index (χ3n) is 4.42. The summed E-state index contributed by atoms with van der Waals surface area (Å²) in [6, 6.07) is 10.8. The van der Waals surface area contributed by atoms with Crippen LogP contribution in [0.1, 0.15) is 67.2 Å². The molecule has 0 radical (unpaired) electrons. The van der Waals surface area contributed by atoms with Crippen molar-refractivity contribution in [1.29, 1.82) is 0 Å². The topological polar surface area (TPSA) is 114 Å². The van der Waals surface area contributed by atoms with Gasteiger partial charge in [0, 0.05) is 5.69 Å². The van der Waals surface area contributed by atoms with E-state index in [2.05, 4.69) is 21.0 Å². The van der Waals surface area contributed by atoms with Gasteiger partial charge in [-0.2, -0.15) is 10.2 Å². The maximum atomic E-state index is 12.5. The van der Waals surface area contributed by atoms with E-state index in [0.717, 1.165) is 5.69 Å². The van der Waals surface area contributed by atoms with Crippen LogP contribution in [-0.4, -0.2) is 36.5 Å². The number of rotatable bonds is 4. The molecular formula is C21H26N6O3. The van der Waals surface area contributed by atoms with Crippen molar-refractivity contribution in [2.75, 3.05) is 0 Å². The number of hydrogen-bond donors (Lipinski definition) is 3. The summed E-state index contributed by atoms with van der Waals surface area (Å²) in [7, 11) is 0. The molecule has 0 unspecified atom stereocenters. The zero-order valence-corrected chi connectivity index (χ0v) is 17.7. The molecule has 9 nitrogen and oxygen atoms in total. The molecule has 0 aliphatic rings. The van der Waals surface area contributed by atoms with E-state index in [-0.39, 0.29) is 28.6 Å². The Morgan fingerprint density at radius 3 is 2.23 bits per heavy atom. The van der Waals surface area contributed by atoms with Crippen molar-refractivity contribution in [3.63, 3.8) is 0 Å². The fourth-order valence-corrected chi connectivity index (χ4v) is 2.93. The summed E-state index contributed by atoms with van der Waals surface area (Å²) in [5, 5.41) is 18.5. The second-order valence-corrected chi connectivity index (χ2v) is 8.24. The van der Waals surface area contributed by atoms with Crippen LogP contribution in [0.15, 0.2) is 42.6 Å². The Morgan fingerprint density at radius 2 is 1.67 bits per heavy atom. The fourth-order valence-electron chi connectivity index (χ4n) is 2.93. The summed E-state index contributed by atoms with van der Waals surface area (Å²) >= 11 is 0. The maximum Gasteiger partial charge on any atom is 0.294 e.